The molecule has 0 spiro atoms. The molecule has 9 heteroatoms. The molecule has 0 fully saturated rings. The molecule has 1 amide bonds. The van der Waals surface area contributed by atoms with Crippen molar-refractivity contribution in [3.8, 4) is 5.75 Å². The fourth-order valence-corrected chi connectivity index (χ4v) is 3.55. The summed E-state index contributed by atoms with van der Waals surface area (Å²) in [6, 6.07) is 23.1. The van der Waals surface area contributed by atoms with E-state index in [4.69, 9.17) is 0 Å². The number of carbonyl (C=O) groups excluding carboxylic acids is 1. The monoisotopic (exact) mass is 429 g/mol. The van der Waals surface area contributed by atoms with E-state index in [2.05, 4.69) is 21.1 Å². The molecule has 160 valence electrons. The minimum atomic E-state index is -0.685. The molecule has 9 nitrogen and oxygen atoms in total. The maximum absolute atomic E-state index is 12.7. The van der Waals surface area contributed by atoms with Crippen LogP contribution in [0, 0.1) is 10.1 Å². The predicted molar refractivity (Wildman–Crippen MR) is 119 cm³/mol. The zero-order valence-corrected chi connectivity index (χ0v) is 16.8. The van der Waals surface area contributed by atoms with Crippen molar-refractivity contribution in [2.75, 3.05) is 0 Å². The first-order valence-electron chi connectivity index (χ1n) is 9.75. The van der Waals surface area contributed by atoms with E-state index < -0.39 is 16.4 Å². The number of nitro groups is 1. The number of nitro benzene ring substituents is 1. The van der Waals surface area contributed by atoms with Crippen molar-refractivity contribution >= 4 is 23.5 Å². The lowest BCUT2D eigenvalue weighted by Crippen LogP contribution is -2.38. The Kier molecular flexibility index (Phi) is 5.63. The first kappa shape index (κ1) is 20.7. The maximum atomic E-state index is 12.7. The van der Waals surface area contributed by atoms with Gasteiger partial charge in [0.05, 0.1) is 17.2 Å². The van der Waals surface area contributed by atoms with Crippen molar-refractivity contribution in [3.05, 3.63) is 106 Å². The number of carbonyl (C=O) groups is 1. The number of aromatic hydroxyl groups is 1. The lowest BCUT2D eigenvalue weighted by Gasteiger charge is -2.30. The molecule has 32 heavy (non-hydrogen) atoms. The van der Waals surface area contributed by atoms with E-state index >= 15 is 0 Å². The quantitative estimate of drug-likeness (QED) is 0.315. The normalized spacial score (nSPS) is 14.6. The van der Waals surface area contributed by atoms with E-state index in [0.29, 0.717) is 6.42 Å². The van der Waals surface area contributed by atoms with Gasteiger partial charge in [-0.3, -0.25) is 20.3 Å². The molecule has 0 bridgehead atoms. The highest BCUT2D eigenvalue weighted by Crippen LogP contribution is 2.36. The highest BCUT2D eigenvalue weighted by atomic mass is 16.6. The van der Waals surface area contributed by atoms with Gasteiger partial charge in [-0.25, -0.2) is 5.43 Å². The van der Waals surface area contributed by atoms with Crippen LogP contribution in [0.25, 0.3) is 0 Å². The number of amides is 1. The fraction of sp³-hybridized carbons (Fsp3) is 0.0870. The van der Waals surface area contributed by atoms with Crippen LogP contribution >= 0.6 is 0 Å². The highest BCUT2D eigenvalue weighted by Gasteiger charge is 2.41. The summed E-state index contributed by atoms with van der Waals surface area (Å²) in [5.41, 5.74) is 7.04. The molecular formula is C23H19N5O4. The van der Waals surface area contributed by atoms with Crippen LogP contribution in [-0.4, -0.2) is 27.9 Å². The molecule has 0 saturated carbocycles. The molecule has 1 aliphatic rings. The zero-order chi connectivity index (χ0) is 22.6. The van der Waals surface area contributed by atoms with E-state index in [1.54, 1.807) is 0 Å². The molecule has 0 radical (unpaired) electrons. The third-order valence-electron chi connectivity index (χ3n) is 5.20. The van der Waals surface area contributed by atoms with Crippen molar-refractivity contribution in [2.45, 2.75) is 12.0 Å². The second-order valence-corrected chi connectivity index (χ2v) is 7.18. The van der Waals surface area contributed by atoms with Crippen LogP contribution in [0.1, 0.15) is 23.1 Å². The molecule has 1 aliphatic heterocycles. The molecule has 0 aromatic heterocycles. The minimum Gasteiger partial charge on any atom is -0.507 e. The Labute approximate surface area is 183 Å². The smallest absolute Gasteiger partial charge is 0.287 e. The standard InChI is InChI=1S/C23H19N5O4/c29-21-13-19(28(31)32)12-11-16(21)15-24-26-22(30)20-14-23(27-25-20,17-7-3-1-4-8-17)18-9-5-2-6-10-18/h1-13,15,27,29H,14H2,(H,26,30). The lowest BCUT2D eigenvalue weighted by molar-refractivity contribution is -0.384. The molecule has 1 heterocycles. The summed E-state index contributed by atoms with van der Waals surface area (Å²) in [7, 11) is 0. The number of hydrogen-bond donors (Lipinski definition) is 3. The number of rotatable bonds is 6. The molecule has 0 saturated heterocycles. The van der Waals surface area contributed by atoms with Crippen LogP contribution in [0.4, 0.5) is 5.69 Å². The summed E-state index contributed by atoms with van der Waals surface area (Å²) in [5.74, 6) is -0.812. The van der Waals surface area contributed by atoms with E-state index in [1.807, 2.05) is 60.7 Å². The maximum Gasteiger partial charge on any atom is 0.287 e. The number of benzene rings is 3. The first-order valence-corrected chi connectivity index (χ1v) is 9.75. The topological polar surface area (TPSA) is 129 Å². The molecule has 3 N–H and O–H groups in total. The summed E-state index contributed by atoms with van der Waals surface area (Å²) in [6.07, 6.45) is 1.52. The van der Waals surface area contributed by atoms with Crippen LogP contribution in [0.3, 0.4) is 0 Å². The van der Waals surface area contributed by atoms with Gasteiger partial charge < -0.3 is 5.11 Å². The van der Waals surface area contributed by atoms with Crippen molar-refractivity contribution in [2.24, 2.45) is 10.2 Å². The van der Waals surface area contributed by atoms with E-state index in [-0.39, 0.29) is 22.7 Å². The van der Waals surface area contributed by atoms with Gasteiger partial charge in [0.25, 0.3) is 11.6 Å². The van der Waals surface area contributed by atoms with Gasteiger partial charge in [0.2, 0.25) is 0 Å². The molecule has 3 aromatic rings. The molecule has 0 atom stereocenters. The number of hydrogen-bond acceptors (Lipinski definition) is 7. The van der Waals surface area contributed by atoms with Gasteiger partial charge in [-0.2, -0.15) is 10.2 Å². The second-order valence-electron chi connectivity index (χ2n) is 7.18. The van der Waals surface area contributed by atoms with Gasteiger partial charge in [-0.05, 0) is 17.2 Å². The summed E-state index contributed by atoms with van der Waals surface area (Å²) in [6.45, 7) is 0. The van der Waals surface area contributed by atoms with E-state index in [9.17, 15) is 20.0 Å². The van der Waals surface area contributed by atoms with Crippen LogP contribution in [0.2, 0.25) is 0 Å². The summed E-state index contributed by atoms with van der Waals surface area (Å²) in [4.78, 5) is 22.8. The summed E-state index contributed by atoms with van der Waals surface area (Å²) < 4.78 is 0. The van der Waals surface area contributed by atoms with Crippen LogP contribution < -0.4 is 10.9 Å². The van der Waals surface area contributed by atoms with Gasteiger partial charge in [-0.15, -0.1) is 0 Å². The van der Waals surface area contributed by atoms with Gasteiger partial charge in [0.1, 0.15) is 17.0 Å². The average Bonchev–Trinajstić information content (AvgIpc) is 3.28. The Hall–Kier alpha value is -4.53. The second kappa shape index (κ2) is 8.68. The highest BCUT2D eigenvalue weighted by molar-refractivity contribution is 6.39. The minimum absolute atomic E-state index is 0.227. The molecule has 0 aliphatic carbocycles. The molecule has 0 unspecified atom stereocenters. The van der Waals surface area contributed by atoms with Gasteiger partial charge in [-0.1, -0.05) is 60.7 Å². The Balaban J connectivity index is 1.50. The Morgan fingerprint density at radius 1 is 1.09 bits per heavy atom. The van der Waals surface area contributed by atoms with Crippen LogP contribution in [0.5, 0.6) is 5.75 Å². The van der Waals surface area contributed by atoms with Crippen molar-refractivity contribution < 1.29 is 14.8 Å². The number of phenols is 1. The van der Waals surface area contributed by atoms with E-state index in [0.717, 1.165) is 17.2 Å². The number of hydrazone groups is 2. The molecule has 4 rings (SSSR count). The summed E-state index contributed by atoms with van der Waals surface area (Å²) in [5, 5.41) is 28.8. The lowest BCUT2D eigenvalue weighted by atomic mass is 9.80. The number of phenolic OH excluding ortho intramolecular Hbond substituents is 1. The van der Waals surface area contributed by atoms with Crippen LogP contribution in [-0.2, 0) is 10.3 Å². The van der Waals surface area contributed by atoms with Crippen molar-refractivity contribution in [1.29, 1.82) is 0 Å². The predicted octanol–water partition coefficient (Wildman–Crippen LogP) is 3.04. The molecular weight excluding hydrogens is 410 g/mol. The fourth-order valence-electron chi connectivity index (χ4n) is 3.55. The number of nitrogens with one attached hydrogen (secondary N) is 2. The van der Waals surface area contributed by atoms with Gasteiger partial charge in [0, 0.05) is 18.1 Å². The zero-order valence-electron chi connectivity index (χ0n) is 16.8. The number of nitrogens with zero attached hydrogens (tertiary/aromatic N) is 3. The third kappa shape index (κ3) is 4.04. The SMILES string of the molecule is O=C(NN=Cc1ccc([N+](=O)[O-])cc1O)C1=NNC(c2ccccc2)(c2ccccc2)C1. The Bertz CT molecular complexity index is 1170. The summed E-state index contributed by atoms with van der Waals surface area (Å²) >= 11 is 0. The number of non-ortho nitro benzene ring substituents is 1. The Morgan fingerprint density at radius 2 is 1.72 bits per heavy atom. The van der Waals surface area contributed by atoms with Crippen molar-refractivity contribution in [3.63, 3.8) is 0 Å². The van der Waals surface area contributed by atoms with E-state index in [1.165, 1.54) is 18.3 Å². The van der Waals surface area contributed by atoms with Crippen molar-refractivity contribution in [1.82, 2.24) is 10.9 Å². The largest absolute Gasteiger partial charge is 0.507 e. The first-order chi connectivity index (χ1) is 15.5. The van der Waals surface area contributed by atoms with Gasteiger partial charge >= 0.3 is 0 Å². The molecule has 3 aromatic carbocycles. The van der Waals surface area contributed by atoms with Crippen LogP contribution in [0.15, 0.2) is 89.1 Å². The van der Waals surface area contributed by atoms with Gasteiger partial charge in [0.15, 0.2) is 0 Å². The third-order valence-corrected chi connectivity index (χ3v) is 5.20. The Morgan fingerprint density at radius 3 is 2.28 bits per heavy atom. The average molecular weight is 429 g/mol.